The summed E-state index contributed by atoms with van der Waals surface area (Å²) >= 11 is 0. The number of nitrogens with zero attached hydrogens (tertiary/aromatic N) is 2. The zero-order valence-electron chi connectivity index (χ0n) is 35.5. The SMILES string of the molecule is Cc1ccccc1N(c1ccc2cc3c(cc2c1)-c1cc2cc(N(c4ccccc4C)c4ccc(-c5ccccc5)cc4C)ccc2cc1-3)c1ccc(-c2ccccc2)cc1C. The lowest BCUT2D eigenvalue weighted by molar-refractivity contribution is 1.23. The molecule has 296 valence electrons. The molecule has 0 fully saturated rings. The van der Waals surface area contributed by atoms with Gasteiger partial charge in [-0.15, -0.1) is 0 Å². The van der Waals surface area contributed by atoms with Crippen LogP contribution in [0.3, 0.4) is 0 Å². The molecule has 1 aliphatic rings. The minimum atomic E-state index is 1.15. The number of hydrogen-bond donors (Lipinski definition) is 0. The molecule has 0 unspecified atom stereocenters. The second-order valence-electron chi connectivity index (χ2n) is 16.8. The van der Waals surface area contributed by atoms with Crippen LogP contribution in [-0.2, 0) is 0 Å². The van der Waals surface area contributed by atoms with Gasteiger partial charge >= 0.3 is 0 Å². The first kappa shape index (κ1) is 37.3. The highest BCUT2D eigenvalue weighted by Crippen LogP contribution is 2.52. The molecule has 0 N–H and O–H groups in total. The van der Waals surface area contributed by atoms with E-state index in [1.165, 1.54) is 111 Å². The molecule has 2 nitrogen and oxygen atoms in total. The summed E-state index contributed by atoms with van der Waals surface area (Å²) in [7, 11) is 0. The number of hydrogen-bond acceptors (Lipinski definition) is 2. The first-order chi connectivity index (χ1) is 30.4. The van der Waals surface area contributed by atoms with Crippen molar-refractivity contribution in [1.29, 1.82) is 0 Å². The summed E-state index contributed by atoms with van der Waals surface area (Å²) < 4.78 is 0. The van der Waals surface area contributed by atoms with E-state index in [1.54, 1.807) is 0 Å². The van der Waals surface area contributed by atoms with Gasteiger partial charge in [0.05, 0.1) is 0 Å². The third-order valence-corrected chi connectivity index (χ3v) is 12.8. The third-order valence-electron chi connectivity index (χ3n) is 12.8. The molecule has 0 amide bonds. The average molecular weight is 795 g/mol. The van der Waals surface area contributed by atoms with E-state index in [9.17, 15) is 0 Å². The van der Waals surface area contributed by atoms with Gasteiger partial charge < -0.3 is 9.80 Å². The van der Waals surface area contributed by atoms with E-state index in [0.29, 0.717) is 0 Å². The van der Waals surface area contributed by atoms with Crippen molar-refractivity contribution >= 4 is 55.7 Å². The van der Waals surface area contributed by atoms with Gasteiger partial charge in [0.15, 0.2) is 0 Å². The Morgan fingerprint density at radius 1 is 0.242 bits per heavy atom. The van der Waals surface area contributed by atoms with E-state index in [1.807, 2.05) is 0 Å². The second-order valence-corrected chi connectivity index (χ2v) is 16.8. The fourth-order valence-corrected chi connectivity index (χ4v) is 9.55. The Morgan fingerprint density at radius 3 is 0.984 bits per heavy atom. The van der Waals surface area contributed by atoms with E-state index in [0.717, 1.165) is 11.4 Å². The molecular weight excluding hydrogens is 749 g/mol. The molecule has 11 rings (SSSR count). The molecule has 0 saturated carbocycles. The Bertz CT molecular complexity index is 3120. The first-order valence-corrected chi connectivity index (χ1v) is 21.6. The lowest BCUT2D eigenvalue weighted by atomic mass is 9.78. The molecule has 0 aromatic heterocycles. The molecule has 0 heterocycles. The van der Waals surface area contributed by atoms with Crippen LogP contribution < -0.4 is 9.80 Å². The Balaban J connectivity index is 0.986. The lowest BCUT2D eigenvalue weighted by Crippen LogP contribution is -2.13. The predicted molar refractivity (Wildman–Crippen MR) is 265 cm³/mol. The minimum Gasteiger partial charge on any atom is -0.310 e. The van der Waals surface area contributed by atoms with Crippen LogP contribution in [0, 0.1) is 27.7 Å². The standard InChI is InChI=1S/C60H46N2/c1-39-15-11-13-21-57(39)61(59-29-25-45(31-41(59)3)43-17-7-5-8-18-43)51-27-23-47-35-53-54-36-48-24-28-52(34-50(48)38-56(54)55(53)37-49(47)33-51)62(58-22-14-12-16-40(58)2)60-30-26-46(32-42(60)4)44-19-9-6-10-20-44/h5-38H,1-4H3. The van der Waals surface area contributed by atoms with Crippen LogP contribution in [0.2, 0.25) is 0 Å². The molecule has 0 bridgehead atoms. The van der Waals surface area contributed by atoms with Crippen molar-refractivity contribution in [2.24, 2.45) is 0 Å². The molecule has 2 heteroatoms. The Kier molecular flexibility index (Phi) is 9.09. The summed E-state index contributed by atoms with van der Waals surface area (Å²) in [5.41, 5.74) is 22.1. The maximum absolute atomic E-state index is 2.43. The topological polar surface area (TPSA) is 6.48 Å². The van der Waals surface area contributed by atoms with Crippen molar-refractivity contribution in [3.63, 3.8) is 0 Å². The minimum absolute atomic E-state index is 1.15. The van der Waals surface area contributed by atoms with E-state index >= 15 is 0 Å². The van der Waals surface area contributed by atoms with Gasteiger partial charge in [-0.2, -0.15) is 0 Å². The van der Waals surface area contributed by atoms with Gasteiger partial charge in [0, 0.05) is 34.1 Å². The number of fused-ring (bicyclic) bond motifs is 6. The molecule has 0 radical (unpaired) electrons. The monoisotopic (exact) mass is 794 g/mol. The average Bonchev–Trinajstić information content (AvgIpc) is 3.30. The molecule has 0 atom stereocenters. The highest BCUT2D eigenvalue weighted by molar-refractivity contribution is 6.12. The quantitative estimate of drug-likeness (QED) is 0.151. The molecule has 1 aliphatic carbocycles. The van der Waals surface area contributed by atoms with Crippen LogP contribution in [0.1, 0.15) is 22.3 Å². The van der Waals surface area contributed by atoms with Crippen LogP contribution in [0.5, 0.6) is 0 Å². The van der Waals surface area contributed by atoms with Crippen LogP contribution >= 0.6 is 0 Å². The number of benzene rings is 10. The summed E-state index contributed by atoms with van der Waals surface area (Å²) in [6.45, 7) is 8.86. The molecule has 0 saturated heterocycles. The molecular formula is C60H46N2. The fraction of sp³-hybridized carbons (Fsp3) is 0.0667. The van der Waals surface area contributed by atoms with Gasteiger partial charge in [-0.25, -0.2) is 0 Å². The van der Waals surface area contributed by atoms with Crippen molar-refractivity contribution < 1.29 is 0 Å². The van der Waals surface area contributed by atoms with Crippen molar-refractivity contribution in [3.8, 4) is 44.5 Å². The zero-order valence-corrected chi connectivity index (χ0v) is 35.5. The van der Waals surface area contributed by atoms with Crippen molar-refractivity contribution in [3.05, 3.63) is 229 Å². The van der Waals surface area contributed by atoms with Crippen molar-refractivity contribution in [2.45, 2.75) is 27.7 Å². The van der Waals surface area contributed by atoms with E-state index < -0.39 is 0 Å². The zero-order chi connectivity index (χ0) is 41.9. The molecule has 0 spiro atoms. The summed E-state index contributed by atoms with van der Waals surface area (Å²) in [4.78, 5) is 4.86. The molecule has 10 aromatic carbocycles. The number of rotatable bonds is 8. The fourth-order valence-electron chi connectivity index (χ4n) is 9.55. The van der Waals surface area contributed by atoms with Crippen LogP contribution in [0.25, 0.3) is 66.1 Å². The largest absolute Gasteiger partial charge is 0.310 e. The highest BCUT2D eigenvalue weighted by Gasteiger charge is 2.26. The van der Waals surface area contributed by atoms with Gasteiger partial charge in [0.2, 0.25) is 0 Å². The molecule has 62 heavy (non-hydrogen) atoms. The van der Waals surface area contributed by atoms with Crippen molar-refractivity contribution in [1.82, 2.24) is 0 Å². The second kappa shape index (κ2) is 15.1. The summed E-state index contributed by atoms with van der Waals surface area (Å²) in [5, 5.41) is 4.96. The van der Waals surface area contributed by atoms with Crippen LogP contribution in [0.15, 0.2) is 206 Å². The smallest absolute Gasteiger partial charge is 0.0491 e. The lowest BCUT2D eigenvalue weighted by Gasteiger charge is -2.30. The summed E-state index contributed by atoms with van der Waals surface area (Å²) in [6, 6.07) is 75.9. The van der Waals surface area contributed by atoms with E-state index in [-0.39, 0.29) is 0 Å². The number of anilines is 6. The Hall–Kier alpha value is -7.68. The van der Waals surface area contributed by atoms with Gasteiger partial charge in [0.25, 0.3) is 0 Å². The van der Waals surface area contributed by atoms with Crippen LogP contribution in [-0.4, -0.2) is 0 Å². The van der Waals surface area contributed by atoms with E-state index in [4.69, 9.17) is 0 Å². The van der Waals surface area contributed by atoms with Gasteiger partial charge in [0.1, 0.15) is 0 Å². The predicted octanol–water partition coefficient (Wildman–Crippen LogP) is 17.1. The Morgan fingerprint density at radius 2 is 0.597 bits per heavy atom. The van der Waals surface area contributed by atoms with Crippen molar-refractivity contribution in [2.75, 3.05) is 9.80 Å². The van der Waals surface area contributed by atoms with Gasteiger partial charge in [-0.05, 0) is 201 Å². The van der Waals surface area contributed by atoms with Gasteiger partial charge in [-0.3, -0.25) is 0 Å². The van der Waals surface area contributed by atoms with Crippen LogP contribution in [0.4, 0.5) is 34.1 Å². The summed E-state index contributed by atoms with van der Waals surface area (Å²) in [5.74, 6) is 0. The molecule has 10 aromatic rings. The van der Waals surface area contributed by atoms with Gasteiger partial charge in [-0.1, -0.05) is 121 Å². The number of para-hydroxylation sites is 2. The normalized spacial score (nSPS) is 11.5. The summed E-state index contributed by atoms with van der Waals surface area (Å²) in [6.07, 6.45) is 0. The number of aryl methyl sites for hydroxylation is 4. The maximum atomic E-state index is 2.43. The first-order valence-electron chi connectivity index (χ1n) is 21.6. The Labute approximate surface area is 364 Å². The molecule has 0 aliphatic heterocycles. The highest BCUT2D eigenvalue weighted by atomic mass is 15.2. The van der Waals surface area contributed by atoms with E-state index in [2.05, 4.69) is 244 Å². The maximum Gasteiger partial charge on any atom is 0.0491 e. The third kappa shape index (κ3) is 6.44.